The van der Waals surface area contributed by atoms with Crippen molar-refractivity contribution in [2.75, 3.05) is 0 Å². The number of sulfone groups is 2. The van der Waals surface area contributed by atoms with Gasteiger partial charge >= 0.3 is 0 Å². The molecule has 2 aliphatic carbocycles. The van der Waals surface area contributed by atoms with Crippen LogP contribution in [0, 0.1) is 10.8 Å². The third-order valence-corrected chi connectivity index (χ3v) is 16.4. The lowest BCUT2D eigenvalue weighted by Gasteiger charge is -2.33. The van der Waals surface area contributed by atoms with Crippen LogP contribution in [0.4, 0.5) is 0 Å². The van der Waals surface area contributed by atoms with Crippen molar-refractivity contribution in [1.29, 1.82) is 0 Å². The van der Waals surface area contributed by atoms with Crippen molar-refractivity contribution in [1.82, 2.24) is 0 Å². The molecule has 2 aliphatic rings. The van der Waals surface area contributed by atoms with Crippen LogP contribution in [0.25, 0.3) is 0 Å². The molecule has 4 rings (SSSR count). The number of hydrogen-bond acceptors (Lipinski definition) is 4. The quantitative estimate of drug-likeness (QED) is 0.0852. The summed E-state index contributed by atoms with van der Waals surface area (Å²) in [6, 6.07) is 17.6. The van der Waals surface area contributed by atoms with Crippen molar-refractivity contribution in [3.05, 3.63) is 154 Å². The molecule has 0 radical (unpaired) electrons. The molecule has 2 unspecified atom stereocenters. The number of allylic oxidation sites excluding steroid dienone is 14. The van der Waals surface area contributed by atoms with Crippen molar-refractivity contribution < 1.29 is 16.8 Å². The molecule has 0 saturated heterocycles. The predicted molar refractivity (Wildman–Crippen MR) is 252 cm³/mol. The highest BCUT2D eigenvalue weighted by atomic mass is 32.2. The van der Waals surface area contributed by atoms with Crippen LogP contribution >= 0.6 is 0 Å². The van der Waals surface area contributed by atoms with E-state index in [0.717, 1.165) is 67.2 Å². The summed E-state index contributed by atoms with van der Waals surface area (Å²) in [7, 11) is -7.23. The second kappa shape index (κ2) is 21.2. The van der Waals surface area contributed by atoms with Crippen molar-refractivity contribution in [3.63, 3.8) is 0 Å². The Hall–Kier alpha value is -3.74. The zero-order chi connectivity index (χ0) is 43.4. The smallest absolute Gasteiger partial charge is 0.185 e. The van der Waals surface area contributed by atoms with Gasteiger partial charge in [-0.15, -0.1) is 0 Å². The van der Waals surface area contributed by atoms with Gasteiger partial charge in [0.1, 0.15) is 0 Å². The van der Waals surface area contributed by atoms with Crippen LogP contribution in [0.5, 0.6) is 0 Å². The van der Waals surface area contributed by atoms with Gasteiger partial charge in [0.25, 0.3) is 0 Å². The summed E-state index contributed by atoms with van der Waals surface area (Å²) >= 11 is 0. The molecule has 2 atom stereocenters. The standard InChI is InChI=1S/C53H72O4S2/c1-40(36-48(58(54,55)46-26-16-12-17-27-46)38-42(3)30-32-50-44(5)24-20-34-52(50,7)8)22-14-11-15-23-41(2)37-49(59(56,57)47-28-18-13-19-29-47)39-43(4)31-33-51-45(6)25-21-35-53(51,9)10/h12-13,16-19,22-23,26-33,38-39,48-49H,11,14-15,20-21,24-25,34-37H2,1-10H3/b32-30+,33-31+,40-22+,41-23+,42-38+,43-39+. The molecule has 0 aliphatic heterocycles. The van der Waals surface area contributed by atoms with Gasteiger partial charge < -0.3 is 0 Å². The fourth-order valence-corrected chi connectivity index (χ4v) is 12.4. The molecular weight excluding hydrogens is 765 g/mol. The van der Waals surface area contributed by atoms with E-state index in [-0.39, 0.29) is 10.8 Å². The average molecular weight is 837 g/mol. The van der Waals surface area contributed by atoms with Crippen LogP contribution in [-0.2, 0) is 19.7 Å². The van der Waals surface area contributed by atoms with Crippen LogP contribution < -0.4 is 0 Å². The summed E-state index contributed by atoms with van der Waals surface area (Å²) < 4.78 is 56.1. The molecule has 0 N–H and O–H groups in total. The molecule has 0 heterocycles. The van der Waals surface area contributed by atoms with E-state index < -0.39 is 30.2 Å². The molecule has 0 fully saturated rings. The first-order chi connectivity index (χ1) is 27.7. The monoisotopic (exact) mass is 836 g/mol. The maximum Gasteiger partial charge on any atom is 0.185 e. The Morgan fingerprint density at radius 1 is 0.593 bits per heavy atom. The number of unbranched alkanes of at least 4 members (excludes halogenated alkanes) is 2. The fraction of sp³-hybridized carbons (Fsp3) is 0.472. The molecule has 2 aromatic carbocycles. The van der Waals surface area contributed by atoms with E-state index >= 15 is 0 Å². The van der Waals surface area contributed by atoms with Crippen LogP contribution in [0.2, 0.25) is 0 Å². The van der Waals surface area contributed by atoms with Crippen LogP contribution in [-0.4, -0.2) is 27.3 Å². The van der Waals surface area contributed by atoms with Crippen molar-refractivity contribution in [3.8, 4) is 0 Å². The van der Waals surface area contributed by atoms with Crippen LogP contribution in [0.1, 0.15) is 140 Å². The molecule has 0 bridgehead atoms. The second-order valence-corrected chi connectivity index (χ2v) is 22.9. The minimum Gasteiger partial charge on any atom is -0.223 e. The predicted octanol–water partition coefficient (Wildman–Crippen LogP) is 14.6. The summed E-state index contributed by atoms with van der Waals surface area (Å²) in [6.07, 6.45) is 27.0. The van der Waals surface area contributed by atoms with Crippen molar-refractivity contribution in [2.45, 2.75) is 160 Å². The van der Waals surface area contributed by atoms with Gasteiger partial charge in [0.15, 0.2) is 19.7 Å². The second-order valence-electron chi connectivity index (χ2n) is 18.6. The lowest BCUT2D eigenvalue weighted by Crippen LogP contribution is -2.20. The van der Waals surface area contributed by atoms with Gasteiger partial charge in [0.2, 0.25) is 0 Å². The summed E-state index contributed by atoms with van der Waals surface area (Å²) in [5.74, 6) is 0. The Bertz CT molecular complexity index is 2060. The van der Waals surface area contributed by atoms with Gasteiger partial charge in [-0.1, -0.05) is 146 Å². The zero-order valence-corrected chi connectivity index (χ0v) is 39.4. The molecule has 0 amide bonds. The van der Waals surface area contributed by atoms with E-state index in [1.165, 1.54) is 35.1 Å². The molecule has 4 nitrogen and oxygen atoms in total. The van der Waals surface area contributed by atoms with Crippen LogP contribution in [0.3, 0.4) is 0 Å². The van der Waals surface area contributed by atoms with Gasteiger partial charge in [-0.2, -0.15) is 0 Å². The molecule has 0 saturated carbocycles. The highest BCUT2D eigenvalue weighted by Gasteiger charge is 2.29. The Balaban J connectivity index is 1.47. The highest BCUT2D eigenvalue weighted by molar-refractivity contribution is 7.92. The van der Waals surface area contributed by atoms with E-state index in [1.807, 2.05) is 52.0 Å². The minimum atomic E-state index is -3.62. The van der Waals surface area contributed by atoms with Gasteiger partial charge in [-0.3, -0.25) is 0 Å². The Morgan fingerprint density at radius 3 is 1.29 bits per heavy atom. The molecule has 2 aromatic rings. The molecule has 320 valence electrons. The van der Waals surface area contributed by atoms with Crippen molar-refractivity contribution >= 4 is 19.7 Å². The largest absolute Gasteiger partial charge is 0.223 e. The zero-order valence-electron chi connectivity index (χ0n) is 37.8. The normalized spacial score (nSPS) is 19.8. The Labute approximate surface area is 359 Å². The van der Waals surface area contributed by atoms with Gasteiger partial charge in [-0.25, -0.2) is 16.8 Å². The van der Waals surface area contributed by atoms with Crippen LogP contribution in [0.15, 0.2) is 164 Å². The minimum absolute atomic E-state index is 0.111. The van der Waals surface area contributed by atoms with Crippen molar-refractivity contribution in [2.24, 2.45) is 10.8 Å². The SMILES string of the molecule is CC1=C(/C=C/C(C)=C/C(C/C(C)=C/CCC/C=C(\C)CC(/C=C(C)/C=C/C2=C(C)CCCC2(C)C)S(=O)(=O)c2ccccc2)S(=O)(=O)c2ccccc2)C(C)(C)CCC1. The molecule has 0 spiro atoms. The lowest BCUT2D eigenvalue weighted by molar-refractivity contribution is 0.376. The average Bonchev–Trinajstić information content (AvgIpc) is 3.17. The van der Waals surface area contributed by atoms with E-state index in [4.69, 9.17) is 0 Å². The van der Waals surface area contributed by atoms with Gasteiger partial charge in [0, 0.05) is 0 Å². The fourth-order valence-electron chi connectivity index (χ4n) is 8.85. The number of rotatable bonds is 18. The Morgan fingerprint density at radius 2 is 0.949 bits per heavy atom. The first-order valence-electron chi connectivity index (χ1n) is 21.8. The molecule has 0 aromatic heterocycles. The van der Waals surface area contributed by atoms with Gasteiger partial charge in [-0.05, 0) is 158 Å². The first-order valence-corrected chi connectivity index (χ1v) is 24.9. The third kappa shape index (κ3) is 13.6. The maximum absolute atomic E-state index is 14.0. The highest BCUT2D eigenvalue weighted by Crippen LogP contribution is 2.42. The summed E-state index contributed by atoms with van der Waals surface area (Å²) in [6.45, 7) is 21.7. The lowest BCUT2D eigenvalue weighted by atomic mass is 9.72. The third-order valence-electron chi connectivity index (χ3n) is 12.4. The Kier molecular flexibility index (Phi) is 17.2. The number of benzene rings is 2. The maximum atomic E-state index is 14.0. The molecule has 6 heteroatoms. The van der Waals surface area contributed by atoms with E-state index in [2.05, 4.69) is 78.0 Å². The summed E-state index contributed by atoms with van der Waals surface area (Å²) in [5.41, 5.74) is 9.75. The van der Waals surface area contributed by atoms with E-state index in [9.17, 15) is 16.8 Å². The summed E-state index contributed by atoms with van der Waals surface area (Å²) in [5, 5.41) is -1.38. The molecular formula is C53H72O4S2. The van der Waals surface area contributed by atoms with E-state index in [0.29, 0.717) is 22.6 Å². The topological polar surface area (TPSA) is 68.3 Å². The molecule has 59 heavy (non-hydrogen) atoms. The first kappa shape index (κ1) is 47.9. The van der Waals surface area contributed by atoms with E-state index in [1.54, 1.807) is 48.5 Å². The van der Waals surface area contributed by atoms with Gasteiger partial charge in [0.05, 0.1) is 20.3 Å². The summed E-state index contributed by atoms with van der Waals surface area (Å²) in [4.78, 5) is 0.681. The number of hydrogen-bond donors (Lipinski definition) is 0.